The van der Waals surface area contributed by atoms with Crippen molar-refractivity contribution in [2.75, 3.05) is 6.61 Å². The number of hydrogen-bond acceptors (Lipinski definition) is 7. The van der Waals surface area contributed by atoms with Crippen molar-refractivity contribution in [2.45, 2.75) is 40.0 Å². The molecule has 0 aliphatic carbocycles. The van der Waals surface area contributed by atoms with E-state index in [-0.39, 0.29) is 18.3 Å². The van der Waals surface area contributed by atoms with E-state index >= 15 is 0 Å². The molecule has 2 aromatic rings. The molecular formula is C19H24ClN3O5. The van der Waals surface area contributed by atoms with Crippen LogP contribution in [0.1, 0.15) is 34.1 Å². The van der Waals surface area contributed by atoms with Gasteiger partial charge in [0.15, 0.2) is 0 Å². The summed E-state index contributed by atoms with van der Waals surface area (Å²) < 4.78 is 11.8. The van der Waals surface area contributed by atoms with E-state index < -0.39 is 23.1 Å². The number of rotatable bonds is 9. The number of aromatic nitrogens is 3. The molecule has 1 heterocycles. The molecule has 1 N–H and O–H groups in total. The van der Waals surface area contributed by atoms with Crippen LogP contribution in [0.3, 0.4) is 0 Å². The molecule has 9 heteroatoms. The summed E-state index contributed by atoms with van der Waals surface area (Å²) in [6.45, 7) is 6.48. The Morgan fingerprint density at radius 2 is 1.93 bits per heavy atom. The van der Waals surface area contributed by atoms with Crippen molar-refractivity contribution >= 4 is 23.4 Å². The van der Waals surface area contributed by atoms with Crippen LogP contribution in [0, 0.1) is 11.3 Å². The number of carbonyl (C=O) groups excluding carboxylic acids is 2. The lowest BCUT2D eigenvalue weighted by Gasteiger charge is -2.33. The standard InChI is InChI=1S/C19H24ClN3O5/c1-5-13(2)16(24)27-10-18(3,4)17(25)19(26,23-12-21-11-22-23)28-15-8-6-14(20)7-9-15/h6-9,11-13,26H,5,10H2,1-4H3. The molecule has 2 unspecified atom stereocenters. The highest BCUT2D eigenvalue weighted by Crippen LogP contribution is 2.31. The number of Topliss-reactive ketones (excluding diaryl/α,β-unsaturated/α-hetero) is 1. The van der Waals surface area contributed by atoms with Crippen LogP contribution in [0.25, 0.3) is 0 Å². The molecule has 0 bridgehead atoms. The van der Waals surface area contributed by atoms with E-state index in [4.69, 9.17) is 21.1 Å². The second kappa shape index (κ2) is 8.70. The van der Waals surface area contributed by atoms with Gasteiger partial charge in [0.05, 0.1) is 11.3 Å². The summed E-state index contributed by atoms with van der Waals surface area (Å²) in [5.74, 6) is -3.74. The summed E-state index contributed by atoms with van der Waals surface area (Å²) in [4.78, 5) is 29.0. The Kier molecular flexibility index (Phi) is 6.79. The summed E-state index contributed by atoms with van der Waals surface area (Å²) in [7, 11) is 0. The highest BCUT2D eigenvalue weighted by Gasteiger charge is 2.50. The molecule has 152 valence electrons. The zero-order valence-corrected chi connectivity index (χ0v) is 17.0. The van der Waals surface area contributed by atoms with E-state index in [0.717, 1.165) is 11.0 Å². The Labute approximate surface area is 168 Å². The fraction of sp³-hybridized carbons (Fsp3) is 0.474. The first-order valence-electron chi connectivity index (χ1n) is 8.83. The third-order valence-corrected chi connectivity index (χ3v) is 4.56. The lowest BCUT2D eigenvalue weighted by atomic mass is 9.86. The van der Waals surface area contributed by atoms with Crippen molar-refractivity contribution < 1.29 is 24.2 Å². The number of halogens is 1. The van der Waals surface area contributed by atoms with Gasteiger partial charge in [0.25, 0.3) is 0 Å². The number of ether oxygens (including phenoxy) is 2. The topological polar surface area (TPSA) is 104 Å². The van der Waals surface area contributed by atoms with E-state index in [9.17, 15) is 14.7 Å². The zero-order valence-electron chi connectivity index (χ0n) is 16.3. The van der Waals surface area contributed by atoms with E-state index in [1.54, 1.807) is 32.9 Å². The van der Waals surface area contributed by atoms with Crippen molar-refractivity contribution in [3.05, 3.63) is 41.9 Å². The third-order valence-electron chi connectivity index (χ3n) is 4.30. The molecule has 1 aromatic carbocycles. The molecule has 2 atom stereocenters. The molecule has 2 rings (SSSR count). The molecule has 0 saturated heterocycles. The van der Waals surface area contributed by atoms with E-state index in [1.807, 2.05) is 6.92 Å². The number of esters is 1. The zero-order chi connectivity index (χ0) is 20.9. The van der Waals surface area contributed by atoms with Gasteiger partial charge in [-0.3, -0.25) is 9.59 Å². The molecule has 0 radical (unpaired) electrons. The minimum Gasteiger partial charge on any atom is -0.464 e. The smallest absolute Gasteiger partial charge is 0.376 e. The Hall–Kier alpha value is -2.45. The highest BCUT2D eigenvalue weighted by atomic mass is 35.5. The average Bonchev–Trinajstić information content (AvgIpc) is 3.22. The summed E-state index contributed by atoms with van der Waals surface area (Å²) in [6.07, 6.45) is 2.95. The second-order valence-corrected chi connectivity index (χ2v) is 7.57. The lowest BCUT2D eigenvalue weighted by molar-refractivity contribution is -0.222. The van der Waals surface area contributed by atoms with E-state index in [2.05, 4.69) is 10.1 Å². The summed E-state index contributed by atoms with van der Waals surface area (Å²) in [5.41, 5.74) is -1.27. The Bertz CT molecular complexity index is 807. The first-order chi connectivity index (χ1) is 13.1. The number of carbonyl (C=O) groups is 2. The molecule has 0 saturated carbocycles. The molecule has 0 spiro atoms. The quantitative estimate of drug-likeness (QED) is 0.501. The van der Waals surface area contributed by atoms with Gasteiger partial charge in [-0.05, 0) is 44.5 Å². The summed E-state index contributed by atoms with van der Waals surface area (Å²) in [5, 5.41) is 15.5. The predicted octanol–water partition coefficient (Wildman–Crippen LogP) is 2.80. The number of benzene rings is 1. The third kappa shape index (κ3) is 4.88. The van der Waals surface area contributed by atoms with Crippen molar-refractivity contribution in [3.63, 3.8) is 0 Å². The van der Waals surface area contributed by atoms with Crippen molar-refractivity contribution in [1.82, 2.24) is 14.8 Å². The minimum absolute atomic E-state index is 0.197. The maximum atomic E-state index is 13.2. The van der Waals surface area contributed by atoms with Crippen LogP contribution in [0.2, 0.25) is 5.02 Å². The predicted molar refractivity (Wildman–Crippen MR) is 101 cm³/mol. The fourth-order valence-electron chi connectivity index (χ4n) is 2.30. The Morgan fingerprint density at radius 3 is 2.46 bits per heavy atom. The molecule has 0 aliphatic heterocycles. The van der Waals surface area contributed by atoms with Crippen LogP contribution in [-0.4, -0.2) is 38.2 Å². The van der Waals surface area contributed by atoms with Crippen LogP contribution in [0.5, 0.6) is 5.75 Å². The van der Waals surface area contributed by atoms with Crippen LogP contribution >= 0.6 is 11.6 Å². The SMILES string of the molecule is CCC(C)C(=O)OCC(C)(C)C(=O)C(O)(Oc1ccc(Cl)cc1)n1cncn1. The van der Waals surface area contributed by atoms with Gasteiger partial charge in [0.2, 0.25) is 5.78 Å². The first kappa shape index (κ1) is 21.8. The number of aliphatic hydroxyl groups is 1. The van der Waals surface area contributed by atoms with Crippen molar-refractivity contribution in [2.24, 2.45) is 11.3 Å². The minimum atomic E-state index is -2.49. The van der Waals surface area contributed by atoms with Gasteiger partial charge in [0.1, 0.15) is 25.0 Å². The maximum absolute atomic E-state index is 13.2. The first-order valence-corrected chi connectivity index (χ1v) is 9.21. The second-order valence-electron chi connectivity index (χ2n) is 7.13. The highest BCUT2D eigenvalue weighted by molar-refractivity contribution is 6.30. The summed E-state index contributed by atoms with van der Waals surface area (Å²) in [6, 6.07) is 6.13. The summed E-state index contributed by atoms with van der Waals surface area (Å²) >= 11 is 5.86. The van der Waals surface area contributed by atoms with Crippen LogP contribution in [0.15, 0.2) is 36.9 Å². The van der Waals surface area contributed by atoms with Gasteiger partial charge >= 0.3 is 11.9 Å². The lowest BCUT2D eigenvalue weighted by Crippen LogP contribution is -2.54. The Morgan fingerprint density at radius 1 is 1.29 bits per heavy atom. The van der Waals surface area contributed by atoms with Gasteiger partial charge in [-0.15, -0.1) is 0 Å². The van der Waals surface area contributed by atoms with Gasteiger partial charge in [-0.25, -0.2) is 4.98 Å². The molecular weight excluding hydrogens is 386 g/mol. The number of nitrogens with zero attached hydrogens (tertiary/aromatic N) is 3. The molecule has 0 fully saturated rings. The van der Waals surface area contributed by atoms with Gasteiger partial charge in [0, 0.05) is 5.02 Å². The molecule has 28 heavy (non-hydrogen) atoms. The van der Waals surface area contributed by atoms with Gasteiger partial charge < -0.3 is 14.6 Å². The molecule has 0 amide bonds. The average molecular weight is 410 g/mol. The van der Waals surface area contributed by atoms with Gasteiger partial charge in [-0.2, -0.15) is 9.78 Å². The van der Waals surface area contributed by atoms with E-state index in [0.29, 0.717) is 11.4 Å². The van der Waals surface area contributed by atoms with Crippen LogP contribution in [0.4, 0.5) is 0 Å². The normalized spacial score (nSPS) is 14.8. The number of ketones is 1. The molecule has 0 aliphatic rings. The van der Waals surface area contributed by atoms with Crippen LogP contribution < -0.4 is 4.74 Å². The molecule has 8 nitrogen and oxygen atoms in total. The van der Waals surface area contributed by atoms with Crippen molar-refractivity contribution in [1.29, 1.82) is 0 Å². The fourth-order valence-corrected chi connectivity index (χ4v) is 2.42. The monoisotopic (exact) mass is 409 g/mol. The molecule has 1 aromatic heterocycles. The van der Waals surface area contributed by atoms with Gasteiger partial charge in [-0.1, -0.05) is 25.4 Å². The van der Waals surface area contributed by atoms with Crippen molar-refractivity contribution in [3.8, 4) is 5.75 Å². The Balaban J connectivity index is 2.28. The maximum Gasteiger partial charge on any atom is 0.376 e. The largest absolute Gasteiger partial charge is 0.464 e. The van der Waals surface area contributed by atoms with Crippen LogP contribution in [-0.2, 0) is 20.2 Å². The van der Waals surface area contributed by atoms with E-state index in [1.165, 1.54) is 18.5 Å². The number of hydrogen-bond donors (Lipinski definition) is 1.